The van der Waals surface area contributed by atoms with Crippen LogP contribution in [-0.2, 0) is 6.42 Å². The molecule has 1 heterocycles. The highest BCUT2D eigenvalue weighted by molar-refractivity contribution is 7.80. The van der Waals surface area contributed by atoms with Gasteiger partial charge in [-0.2, -0.15) is 0 Å². The van der Waals surface area contributed by atoms with Gasteiger partial charge >= 0.3 is 0 Å². The fourth-order valence-electron chi connectivity index (χ4n) is 3.49. The summed E-state index contributed by atoms with van der Waals surface area (Å²) in [6.45, 7) is 6.07. The number of hydrogen-bond donors (Lipinski definition) is 2. The number of aryl methyl sites for hydroxylation is 3. The van der Waals surface area contributed by atoms with E-state index in [1.54, 1.807) is 30.3 Å². The molecule has 0 saturated heterocycles. The minimum Gasteiger partial charge on any atom is -0.436 e. The zero-order valence-electron chi connectivity index (χ0n) is 18.0. The summed E-state index contributed by atoms with van der Waals surface area (Å²) in [7, 11) is 0. The van der Waals surface area contributed by atoms with Gasteiger partial charge in [0, 0.05) is 11.3 Å². The smallest absolute Gasteiger partial charge is 0.257 e. The summed E-state index contributed by atoms with van der Waals surface area (Å²) in [4.78, 5) is 17.1. The maximum Gasteiger partial charge on any atom is 0.257 e. The lowest BCUT2D eigenvalue weighted by Crippen LogP contribution is -2.34. The minimum absolute atomic E-state index is 0.187. The highest BCUT2D eigenvalue weighted by Gasteiger charge is 2.15. The summed E-state index contributed by atoms with van der Waals surface area (Å²) in [5.74, 6) is 0.150. The average molecular weight is 464 g/mol. The van der Waals surface area contributed by atoms with Gasteiger partial charge in [-0.25, -0.2) is 4.98 Å². The topological polar surface area (TPSA) is 67.2 Å². The molecule has 4 aromatic rings. The molecule has 0 aliphatic rings. The normalized spacial score (nSPS) is 10.9. The highest BCUT2D eigenvalue weighted by Crippen LogP contribution is 2.33. The Morgan fingerprint density at radius 1 is 1.09 bits per heavy atom. The van der Waals surface area contributed by atoms with Crippen molar-refractivity contribution in [3.8, 4) is 11.5 Å². The second-order valence-electron chi connectivity index (χ2n) is 7.60. The Labute approximate surface area is 196 Å². The van der Waals surface area contributed by atoms with Crippen LogP contribution < -0.4 is 10.6 Å². The van der Waals surface area contributed by atoms with E-state index in [1.807, 2.05) is 38.1 Å². The number of aromatic nitrogens is 1. The molecule has 7 heteroatoms. The molecule has 0 spiro atoms. The molecule has 0 aliphatic heterocycles. The van der Waals surface area contributed by atoms with Crippen LogP contribution in [-0.4, -0.2) is 16.0 Å². The molecule has 5 nitrogen and oxygen atoms in total. The molecule has 0 aliphatic carbocycles. The SMILES string of the molecule is CCc1ccc(C(=O)NC(=S)Nc2ccc(Cl)c(-c3nc4cc(C)cc(C)c4o3)c2)cc1. The minimum atomic E-state index is -0.274. The van der Waals surface area contributed by atoms with Crippen LogP contribution in [0.15, 0.2) is 59.0 Å². The van der Waals surface area contributed by atoms with Crippen molar-refractivity contribution in [1.29, 1.82) is 0 Å². The lowest BCUT2D eigenvalue weighted by Gasteiger charge is -2.11. The number of hydrogen-bond acceptors (Lipinski definition) is 4. The second kappa shape index (κ2) is 9.10. The largest absolute Gasteiger partial charge is 0.436 e. The third kappa shape index (κ3) is 4.66. The summed E-state index contributed by atoms with van der Waals surface area (Å²) < 4.78 is 6.00. The Balaban J connectivity index is 1.53. The summed E-state index contributed by atoms with van der Waals surface area (Å²) in [6.07, 6.45) is 0.917. The number of carbonyl (C=O) groups excluding carboxylic acids is 1. The van der Waals surface area contributed by atoms with E-state index in [9.17, 15) is 4.79 Å². The summed E-state index contributed by atoms with van der Waals surface area (Å²) in [5, 5.41) is 6.42. The molecule has 2 N–H and O–H groups in total. The second-order valence-corrected chi connectivity index (χ2v) is 8.42. The van der Waals surface area contributed by atoms with Crippen LogP contribution in [0.2, 0.25) is 5.02 Å². The highest BCUT2D eigenvalue weighted by atomic mass is 35.5. The Bertz CT molecular complexity index is 1330. The van der Waals surface area contributed by atoms with Crippen LogP contribution in [0.5, 0.6) is 0 Å². The number of fused-ring (bicyclic) bond motifs is 1. The van der Waals surface area contributed by atoms with Crippen molar-refractivity contribution >= 4 is 51.6 Å². The van der Waals surface area contributed by atoms with Gasteiger partial charge in [0.2, 0.25) is 5.89 Å². The maximum atomic E-state index is 12.5. The quantitative estimate of drug-likeness (QED) is 0.340. The first-order valence-electron chi connectivity index (χ1n) is 10.2. The first kappa shape index (κ1) is 22.0. The fraction of sp³-hybridized carbons (Fsp3) is 0.160. The average Bonchev–Trinajstić information content (AvgIpc) is 3.19. The fourth-order valence-corrected chi connectivity index (χ4v) is 3.90. The van der Waals surface area contributed by atoms with Gasteiger partial charge in [-0.1, -0.05) is 36.7 Å². The van der Waals surface area contributed by atoms with Crippen LogP contribution in [0, 0.1) is 13.8 Å². The molecule has 0 atom stereocenters. The van der Waals surface area contributed by atoms with Crippen molar-refractivity contribution < 1.29 is 9.21 Å². The third-order valence-electron chi connectivity index (χ3n) is 5.13. The molecular weight excluding hydrogens is 442 g/mol. The van der Waals surface area contributed by atoms with Crippen molar-refractivity contribution in [2.75, 3.05) is 5.32 Å². The molecule has 0 unspecified atom stereocenters. The van der Waals surface area contributed by atoms with Gasteiger partial charge in [0.05, 0.1) is 10.6 Å². The van der Waals surface area contributed by atoms with Crippen molar-refractivity contribution in [2.24, 2.45) is 0 Å². The van der Waals surface area contributed by atoms with E-state index >= 15 is 0 Å². The van der Waals surface area contributed by atoms with Gasteiger partial charge in [-0.15, -0.1) is 0 Å². The number of oxazole rings is 1. The van der Waals surface area contributed by atoms with E-state index in [0.717, 1.165) is 28.6 Å². The number of anilines is 1. The van der Waals surface area contributed by atoms with E-state index in [0.29, 0.717) is 27.7 Å². The van der Waals surface area contributed by atoms with Gasteiger partial charge < -0.3 is 9.73 Å². The number of thiocarbonyl (C=S) groups is 1. The molecule has 3 aromatic carbocycles. The molecule has 1 aromatic heterocycles. The summed E-state index contributed by atoms with van der Waals surface area (Å²) >= 11 is 11.7. The zero-order chi connectivity index (χ0) is 22.8. The van der Waals surface area contributed by atoms with Gasteiger partial charge in [-0.05, 0) is 85.6 Å². The van der Waals surface area contributed by atoms with Gasteiger partial charge in [0.15, 0.2) is 10.7 Å². The van der Waals surface area contributed by atoms with E-state index in [2.05, 4.69) is 22.5 Å². The zero-order valence-corrected chi connectivity index (χ0v) is 19.5. The molecular formula is C25H22ClN3O2S. The van der Waals surface area contributed by atoms with E-state index < -0.39 is 0 Å². The number of carbonyl (C=O) groups is 1. The number of amides is 1. The molecule has 0 bridgehead atoms. The Morgan fingerprint density at radius 2 is 1.84 bits per heavy atom. The van der Waals surface area contributed by atoms with Crippen molar-refractivity contribution in [3.05, 3.63) is 81.9 Å². The third-order valence-corrected chi connectivity index (χ3v) is 5.66. The first-order chi connectivity index (χ1) is 15.3. The van der Waals surface area contributed by atoms with Gasteiger partial charge in [0.1, 0.15) is 5.52 Å². The molecule has 4 rings (SSSR count). The first-order valence-corrected chi connectivity index (χ1v) is 11.0. The maximum absolute atomic E-state index is 12.5. The number of rotatable bonds is 4. The molecule has 0 radical (unpaired) electrons. The van der Waals surface area contributed by atoms with Crippen LogP contribution in [0.4, 0.5) is 5.69 Å². The molecule has 32 heavy (non-hydrogen) atoms. The summed E-state index contributed by atoms with van der Waals surface area (Å²) in [5.41, 5.74) is 6.64. The van der Waals surface area contributed by atoms with Gasteiger partial charge in [0.25, 0.3) is 5.91 Å². The van der Waals surface area contributed by atoms with E-state index in [1.165, 1.54) is 5.56 Å². The Kier molecular flexibility index (Phi) is 6.26. The van der Waals surface area contributed by atoms with E-state index in [4.69, 9.17) is 28.2 Å². The number of nitrogens with one attached hydrogen (secondary N) is 2. The van der Waals surface area contributed by atoms with Gasteiger partial charge in [-0.3, -0.25) is 10.1 Å². The molecule has 0 fully saturated rings. The van der Waals surface area contributed by atoms with Crippen molar-refractivity contribution in [1.82, 2.24) is 10.3 Å². The molecule has 162 valence electrons. The standard InChI is InChI=1S/C25H22ClN3O2S/c1-4-16-5-7-17(8-6-16)23(30)29-25(32)27-18-9-10-20(26)19(13-18)24-28-21-12-14(2)11-15(3)22(21)31-24/h5-13H,4H2,1-3H3,(H2,27,29,30,32). The van der Waals surface area contributed by atoms with Crippen molar-refractivity contribution in [2.45, 2.75) is 27.2 Å². The van der Waals surface area contributed by atoms with Crippen molar-refractivity contribution in [3.63, 3.8) is 0 Å². The van der Waals surface area contributed by atoms with E-state index in [-0.39, 0.29) is 11.0 Å². The van der Waals surface area contributed by atoms with Crippen LogP contribution in [0.3, 0.4) is 0 Å². The monoisotopic (exact) mass is 463 g/mol. The van der Waals surface area contributed by atoms with Crippen LogP contribution in [0.1, 0.15) is 34.0 Å². The molecule has 0 saturated carbocycles. The summed E-state index contributed by atoms with van der Waals surface area (Å²) in [6, 6.07) is 16.8. The lowest BCUT2D eigenvalue weighted by atomic mass is 10.1. The number of benzene rings is 3. The predicted octanol–water partition coefficient (Wildman–Crippen LogP) is 6.45. The number of halogens is 1. The Hall–Kier alpha value is -3.22. The Morgan fingerprint density at radius 3 is 2.56 bits per heavy atom. The predicted molar refractivity (Wildman–Crippen MR) is 133 cm³/mol. The lowest BCUT2D eigenvalue weighted by molar-refractivity contribution is 0.0977. The van der Waals surface area contributed by atoms with Crippen LogP contribution in [0.25, 0.3) is 22.6 Å². The number of nitrogens with zero attached hydrogens (tertiary/aromatic N) is 1. The van der Waals surface area contributed by atoms with Crippen LogP contribution >= 0.6 is 23.8 Å². The molecule has 1 amide bonds.